The van der Waals surface area contributed by atoms with E-state index in [1.807, 2.05) is 6.92 Å². The van der Waals surface area contributed by atoms with Gasteiger partial charge in [-0.3, -0.25) is 9.69 Å². The lowest BCUT2D eigenvalue weighted by Gasteiger charge is -2.12. The van der Waals surface area contributed by atoms with Crippen LogP contribution in [0, 0.1) is 0 Å². The van der Waals surface area contributed by atoms with E-state index in [0.29, 0.717) is 17.2 Å². The fourth-order valence-corrected chi connectivity index (χ4v) is 4.63. The van der Waals surface area contributed by atoms with Crippen LogP contribution < -0.4 is 0 Å². The number of sulfonamides is 1. The topological polar surface area (TPSA) is 80.0 Å². The van der Waals surface area contributed by atoms with Gasteiger partial charge in [-0.05, 0) is 54.9 Å². The highest BCUT2D eigenvalue weighted by molar-refractivity contribution is 8.19. The molecular weight excluding hydrogens is 372 g/mol. The lowest BCUT2D eigenvalue weighted by Crippen LogP contribution is -2.29. The van der Waals surface area contributed by atoms with E-state index in [0.717, 1.165) is 23.7 Å². The minimum absolute atomic E-state index is 0.106. The van der Waals surface area contributed by atoms with Crippen molar-refractivity contribution >= 4 is 38.9 Å². The molecule has 1 aromatic carbocycles. The summed E-state index contributed by atoms with van der Waals surface area (Å²) in [6.45, 7) is 4.09. The van der Waals surface area contributed by atoms with Gasteiger partial charge in [0.25, 0.3) is 15.9 Å². The molecule has 0 N–H and O–H groups in total. The fraction of sp³-hybridized carbons (Fsp3) is 0.222. The van der Waals surface area contributed by atoms with Crippen molar-refractivity contribution in [3.8, 4) is 0 Å². The van der Waals surface area contributed by atoms with Crippen LogP contribution in [0.4, 0.5) is 0 Å². The zero-order valence-corrected chi connectivity index (χ0v) is 16.0. The van der Waals surface area contributed by atoms with Crippen molar-refractivity contribution < 1.29 is 17.6 Å². The molecule has 2 aromatic rings. The van der Waals surface area contributed by atoms with E-state index in [4.69, 9.17) is 4.42 Å². The van der Waals surface area contributed by atoms with Crippen molar-refractivity contribution in [2.24, 2.45) is 4.40 Å². The molecule has 0 bridgehead atoms. The summed E-state index contributed by atoms with van der Waals surface area (Å²) >= 11 is 1.03. The largest absolute Gasteiger partial charge is 0.465 e. The van der Waals surface area contributed by atoms with Gasteiger partial charge in [0.15, 0.2) is 5.17 Å². The van der Waals surface area contributed by atoms with E-state index in [2.05, 4.69) is 4.40 Å². The van der Waals surface area contributed by atoms with Crippen LogP contribution in [0.3, 0.4) is 0 Å². The highest BCUT2D eigenvalue weighted by atomic mass is 32.2. The number of benzene rings is 1. The Kier molecular flexibility index (Phi) is 5.33. The molecule has 1 aliphatic rings. The number of amides is 1. The van der Waals surface area contributed by atoms with Crippen LogP contribution in [0.25, 0.3) is 6.08 Å². The number of rotatable bonds is 5. The quantitative estimate of drug-likeness (QED) is 0.730. The Morgan fingerprint density at radius 3 is 2.50 bits per heavy atom. The smallest absolute Gasteiger partial charge is 0.284 e. The Bertz CT molecular complexity index is 959. The van der Waals surface area contributed by atoms with Crippen LogP contribution in [0.2, 0.25) is 0 Å². The number of carbonyl (C=O) groups is 1. The van der Waals surface area contributed by atoms with Gasteiger partial charge < -0.3 is 4.42 Å². The monoisotopic (exact) mass is 390 g/mol. The minimum Gasteiger partial charge on any atom is -0.465 e. The van der Waals surface area contributed by atoms with Crippen molar-refractivity contribution in [2.75, 3.05) is 6.54 Å². The zero-order valence-electron chi connectivity index (χ0n) is 14.4. The number of aryl methyl sites for hydroxylation is 1. The molecular formula is C18H18N2O4S2. The third-order valence-electron chi connectivity index (χ3n) is 3.85. The lowest BCUT2D eigenvalue weighted by atomic mass is 10.2. The van der Waals surface area contributed by atoms with E-state index in [9.17, 15) is 13.2 Å². The number of hydrogen-bond acceptors (Lipinski definition) is 5. The molecule has 3 rings (SSSR count). The van der Waals surface area contributed by atoms with Crippen LogP contribution in [0.15, 0.2) is 61.3 Å². The summed E-state index contributed by atoms with van der Waals surface area (Å²) < 4.78 is 34.3. The number of likely N-dealkylation sites (N-methyl/N-ethyl adjacent to an activating group) is 1. The summed E-state index contributed by atoms with van der Waals surface area (Å²) in [5.74, 6) is 0.236. The summed E-state index contributed by atoms with van der Waals surface area (Å²) in [4.78, 5) is 14.3. The molecule has 26 heavy (non-hydrogen) atoms. The first-order valence-corrected chi connectivity index (χ1v) is 10.4. The summed E-state index contributed by atoms with van der Waals surface area (Å²) in [6, 6.07) is 10.0. The summed E-state index contributed by atoms with van der Waals surface area (Å²) in [7, 11) is -3.90. The molecule has 1 saturated heterocycles. The molecule has 2 heterocycles. The first-order chi connectivity index (χ1) is 12.4. The average Bonchev–Trinajstić information content (AvgIpc) is 3.23. The first-order valence-electron chi connectivity index (χ1n) is 8.13. The summed E-state index contributed by atoms with van der Waals surface area (Å²) in [5.41, 5.74) is 1.04. The molecule has 0 unspecified atom stereocenters. The minimum atomic E-state index is -3.90. The van der Waals surface area contributed by atoms with Crippen LogP contribution >= 0.6 is 11.8 Å². The predicted molar refractivity (Wildman–Crippen MR) is 102 cm³/mol. The standard InChI is InChI=1S/C18H18N2O4S2/c1-3-13-7-9-15(10-8-13)26(22,23)19-18-20(4-2)17(21)16(25-18)12-14-6-5-11-24-14/h5-12H,3-4H2,1-2H3/b16-12+,19-18-. The van der Waals surface area contributed by atoms with Gasteiger partial charge >= 0.3 is 0 Å². The second-order valence-electron chi connectivity index (χ2n) is 5.52. The summed E-state index contributed by atoms with van der Waals surface area (Å²) in [6.07, 6.45) is 3.91. The molecule has 136 valence electrons. The van der Waals surface area contributed by atoms with E-state index in [-0.39, 0.29) is 16.0 Å². The van der Waals surface area contributed by atoms with Gasteiger partial charge in [0, 0.05) is 12.6 Å². The van der Waals surface area contributed by atoms with E-state index >= 15 is 0 Å². The number of carbonyl (C=O) groups excluding carboxylic acids is 1. The predicted octanol–water partition coefficient (Wildman–Crippen LogP) is 3.52. The molecule has 1 amide bonds. The second kappa shape index (κ2) is 7.51. The molecule has 0 atom stereocenters. The Morgan fingerprint density at radius 1 is 1.19 bits per heavy atom. The molecule has 0 saturated carbocycles. The molecule has 6 nitrogen and oxygen atoms in total. The SMILES string of the molecule is CCc1ccc(S(=O)(=O)/N=C2\S/C(=C/c3ccco3)C(=O)N2CC)cc1. The molecule has 1 aromatic heterocycles. The van der Waals surface area contributed by atoms with Crippen molar-refractivity contribution in [2.45, 2.75) is 25.2 Å². The molecule has 1 aliphatic heterocycles. The maximum atomic E-state index is 12.6. The molecule has 0 aliphatic carbocycles. The van der Waals surface area contributed by atoms with Gasteiger partial charge in [-0.2, -0.15) is 8.42 Å². The Hall–Kier alpha value is -2.32. The zero-order chi connectivity index (χ0) is 18.7. The van der Waals surface area contributed by atoms with Gasteiger partial charge in [0.2, 0.25) is 0 Å². The fourth-order valence-electron chi connectivity index (χ4n) is 2.41. The van der Waals surface area contributed by atoms with Crippen LogP contribution in [-0.4, -0.2) is 30.9 Å². The van der Waals surface area contributed by atoms with Crippen molar-refractivity contribution in [1.82, 2.24) is 4.90 Å². The average molecular weight is 390 g/mol. The number of nitrogens with zero attached hydrogens (tertiary/aromatic N) is 2. The third kappa shape index (κ3) is 3.76. The Labute approximate surface area is 156 Å². The number of thioether (sulfide) groups is 1. The lowest BCUT2D eigenvalue weighted by molar-refractivity contribution is -0.122. The van der Waals surface area contributed by atoms with Crippen LogP contribution in [0.5, 0.6) is 0 Å². The molecule has 1 fully saturated rings. The van der Waals surface area contributed by atoms with E-state index in [1.165, 1.54) is 23.3 Å². The number of hydrogen-bond donors (Lipinski definition) is 0. The van der Waals surface area contributed by atoms with Crippen LogP contribution in [0.1, 0.15) is 25.2 Å². The second-order valence-corrected chi connectivity index (χ2v) is 8.14. The van der Waals surface area contributed by atoms with Gasteiger partial charge in [-0.15, -0.1) is 4.40 Å². The Morgan fingerprint density at radius 2 is 1.92 bits per heavy atom. The third-order valence-corrected chi connectivity index (χ3v) is 6.25. The van der Waals surface area contributed by atoms with Crippen molar-refractivity contribution in [1.29, 1.82) is 0 Å². The van der Waals surface area contributed by atoms with Gasteiger partial charge in [-0.25, -0.2) is 0 Å². The normalized spacial score (nSPS) is 18.2. The number of amidine groups is 1. The van der Waals surface area contributed by atoms with Gasteiger partial charge in [0.05, 0.1) is 16.1 Å². The highest BCUT2D eigenvalue weighted by Gasteiger charge is 2.34. The highest BCUT2D eigenvalue weighted by Crippen LogP contribution is 2.33. The molecule has 0 spiro atoms. The van der Waals surface area contributed by atoms with Crippen molar-refractivity contribution in [3.05, 3.63) is 58.9 Å². The molecule has 8 heteroatoms. The van der Waals surface area contributed by atoms with Crippen LogP contribution in [-0.2, 0) is 21.2 Å². The molecule has 0 radical (unpaired) electrons. The van der Waals surface area contributed by atoms with Gasteiger partial charge in [0.1, 0.15) is 5.76 Å². The maximum absolute atomic E-state index is 12.6. The van der Waals surface area contributed by atoms with E-state index in [1.54, 1.807) is 37.3 Å². The number of furan rings is 1. The Balaban J connectivity index is 1.94. The maximum Gasteiger partial charge on any atom is 0.284 e. The first kappa shape index (κ1) is 18.5. The van der Waals surface area contributed by atoms with Crippen molar-refractivity contribution in [3.63, 3.8) is 0 Å². The summed E-state index contributed by atoms with van der Waals surface area (Å²) in [5, 5.41) is 0.148. The van der Waals surface area contributed by atoms with Gasteiger partial charge in [-0.1, -0.05) is 19.1 Å². The van der Waals surface area contributed by atoms with E-state index < -0.39 is 10.0 Å².